The number of nitrogens with zero attached hydrogens (tertiary/aromatic N) is 1. The summed E-state index contributed by atoms with van der Waals surface area (Å²) in [6.45, 7) is 8.16. The van der Waals surface area contributed by atoms with E-state index in [0.717, 1.165) is 32.3 Å². The average Bonchev–Trinajstić information content (AvgIpc) is 2.48. The Kier molecular flexibility index (Phi) is 5.46. The number of hydrogen-bond donors (Lipinski definition) is 1. The molecule has 20 heavy (non-hydrogen) atoms. The van der Waals surface area contributed by atoms with E-state index in [1.807, 2.05) is 6.92 Å². The highest BCUT2D eigenvalue weighted by atomic mass is 19.2. The first kappa shape index (κ1) is 15.4. The van der Waals surface area contributed by atoms with Crippen LogP contribution in [0.15, 0.2) is 18.2 Å². The SMILES string of the molecule is CCN1CCOC(CNC(C)c2cccc(F)c2F)C1. The van der Waals surface area contributed by atoms with Crippen molar-refractivity contribution in [2.75, 3.05) is 32.8 Å². The minimum atomic E-state index is -0.803. The molecular formula is C15H22F2N2O. The lowest BCUT2D eigenvalue weighted by Crippen LogP contribution is -2.46. The predicted octanol–water partition coefficient (Wildman–Crippen LogP) is 2.34. The molecule has 2 rings (SSSR count). The molecule has 0 bridgehead atoms. The highest BCUT2D eigenvalue weighted by Crippen LogP contribution is 2.19. The van der Waals surface area contributed by atoms with Gasteiger partial charge >= 0.3 is 0 Å². The van der Waals surface area contributed by atoms with Crippen molar-refractivity contribution in [2.45, 2.75) is 26.0 Å². The summed E-state index contributed by atoms with van der Waals surface area (Å²) in [4.78, 5) is 2.32. The van der Waals surface area contributed by atoms with E-state index in [2.05, 4.69) is 17.1 Å². The van der Waals surface area contributed by atoms with E-state index >= 15 is 0 Å². The minimum absolute atomic E-state index is 0.0998. The third-order valence-corrected chi connectivity index (χ3v) is 3.77. The van der Waals surface area contributed by atoms with Crippen molar-refractivity contribution in [3.8, 4) is 0 Å². The van der Waals surface area contributed by atoms with Crippen LogP contribution in [-0.2, 0) is 4.74 Å². The monoisotopic (exact) mass is 284 g/mol. The molecule has 1 aliphatic heterocycles. The zero-order chi connectivity index (χ0) is 14.5. The Morgan fingerprint density at radius 3 is 3.00 bits per heavy atom. The second-order valence-electron chi connectivity index (χ2n) is 5.16. The Hall–Kier alpha value is -1.04. The second-order valence-corrected chi connectivity index (χ2v) is 5.16. The number of benzene rings is 1. The van der Waals surface area contributed by atoms with Gasteiger partial charge in [-0.15, -0.1) is 0 Å². The van der Waals surface area contributed by atoms with Gasteiger partial charge in [0.15, 0.2) is 11.6 Å². The molecule has 0 spiro atoms. The van der Waals surface area contributed by atoms with Gasteiger partial charge in [0.1, 0.15) is 0 Å². The molecule has 2 atom stereocenters. The summed E-state index contributed by atoms with van der Waals surface area (Å²) in [7, 11) is 0. The molecule has 0 radical (unpaired) electrons. The van der Waals surface area contributed by atoms with Crippen molar-refractivity contribution in [2.24, 2.45) is 0 Å². The van der Waals surface area contributed by atoms with E-state index in [1.165, 1.54) is 6.07 Å². The van der Waals surface area contributed by atoms with Crippen LogP contribution in [0.2, 0.25) is 0 Å². The van der Waals surface area contributed by atoms with Crippen LogP contribution in [0.25, 0.3) is 0 Å². The van der Waals surface area contributed by atoms with Gasteiger partial charge in [-0.3, -0.25) is 4.90 Å². The van der Waals surface area contributed by atoms with Crippen LogP contribution in [0.4, 0.5) is 8.78 Å². The summed E-state index contributed by atoms with van der Waals surface area (Å²) in [5.74, 6) is -1.57. The van der Waals surface area contributed by atoms with Crippen LogP contribution in [-0.4, -0.2) is 43.8 Å². The number of hydrogen-bond acceptors (Lipinski definition) is 3. The quantitative estimate of drug-likeness (QED) is 0.898. The highest BCUT2D eigenvalue weighted by Gasteiger charge is 2.21. The van der Waals surface area contributed by atoms with Gasteiger partial charge in [-0.05, 0) is 19.5 Å². The maximum atomic E-state index is 13.7. The molecule has 1 aliphatic rings. The van der Waals surface area contributed by atoms with Gasteiger partial charge in [0.25, 0.3) is 0 Å². The van der Waals surface area contributed by atoms with Crippen molar-refractivity contribution in [1.82, 2.24) is 10.2 Å². The van der Waals surface area contributed by atoms with Gasteiger partial charge in [-0.1, -0.05) is 19.1 Å². The van der Waals surface area contributed by atoms with Crippen molar-refractivity contribution >= 4 is 0 Å². The minimum Gasteiger partial charge on any atom is -0.374 e. The maximum absolute atomic E-state index is 13.7. The first-order valence-electron chi connectivity index (χ1n) is 7.13. The van der Waals surface area contributed by atoms with E-state index in [0.29, 0.717) is 12.1 Å². The molecule has 1 fully saturated rings. The Morgan fingerprint density at radius 1 is 1.45 bits per heavy atom. The Balaban J connectivity index is 1.88. The fourth-order valence-corrected chi connectivity index (χ4v) is 2.46. The van der Waals surface area contributed by atoms with Crippen LogP contribution in [0.1, 0.15) is 25.5 Å². The summed E-state index contributed by atoms with van der Waals surface area (Å²) in [6, 6.07) is 4.03. The molecule has 5 heteroatoms. The summed E-state index contributed by atoms with van der Waals surface area (Å²) >= 11 is 0. The molecule has 1 aromatic carbocycles. The maximum Gasteiger partial charge on any atom is 0.163 e. The van der Waals surface area contributed by atoms with E-state index < -0.39 is 11.6 Å². The summed E-state index contributed by atoms with van der Waals surface area (Å²) in [5.41, 5.74) is 0.355. The lowest BCUT2D eigenvalue weighted by molar-refractivity contribution is -0.0262. The number of halogens is 2. The zero-order valence-electron chi connectivity index (χ0n) is 12.0. The van der Waals surface area contributed by atoms with Gasteiger partial charge < -0.3 is 10.1 Å². The normalized spacial score (nSPS) is 21.9. The topological polar surface area (TPSA) is 24.5 Å². The number of likely N-dealkylation sites (N-methyl/N-ethyl adjacent to an activating group) is 1. The Labute approximate surface area is 118 Å². The van der Waals surface area contributed by atoms with Crippen LogP contribution in [0, 0.1) is 11.6 Å². The third-order valence-electron chi connectivity index (χ3n) is 3.77. The average molecular weight is 284 g/mol. The van der Waals surface area contributed by atoms with E-state index in [4.69, 9.17) is 4.74 Å². The van der Waals surface area contributed by atoms with Gasteiger partial charge in [-0.25, -0.2) is 8.78 Å². The molecule has 1 saturated heterocycles. The zero-order valence-corrected chi connectivity index (χ0v) is 12.0. The van der Waals surface area contributed by atoms with Gasteiger partial charge in [0.05, 0.1) is 12.7 Å². The van der Waals surface area contributed by atoms with E-state index in [-0.39, 0.29) is 12.1 Å². The molecule has 3 nitrogen and oxygen atoms in total. The predicted molar refractivity (Wildman–Crippen MR) is 74.6 cm³/mol. The molecule has 0 amide bonds. The highest BCUT2D eigenvalue weighted by molar-refractivity contribution is 5.21. The van der Waals surface area contributed by atoms with Crippen molar-refractivity contribution < 1.29 is 13.5 Å². The summed E-state index contributed by atoms with van der Waals surface area (Å²) in [5, 5.41) is 3.22. The molecule has 0 aromatic heterocycles. The van der Waals surface area contributed by atoms with Crippen LogP contribution >= 0.6 is 0 Å². The van der Waals surface area contributed by atoms with Crippen molar-refractivity contribution in [3.05, 3.63) is 35.4 Å². The first-order chi connectivity index (χ1) is 9.61. The van der Waals surface area contributed by atoms with Gasteiger partial charge in [-0.2, -0.15) is 0 Å². The molecule has 2 unspecified atom stereocenters. The van der Waals surface area contributed by atoms with Crippen LogP contribution < -0.4 is 5.32 Å². The first-order valence-corrected chi connectivity index (χ1v) is 7.13. The number of nitrogens with one attached hydrogen (secondary N) is 1. The van der Waals surface area contributed by atoms with Crippen LogP contribution in [0.5, 0.6) is 0 Å². The smallest absolute Gasteiger partial charge is 0.163 e. The van der Waals surface area contributed by atoms with Crippen molar-refractivity contribution in [1.29, 1.82) is 0 Å². The third kappa shape index (κ3) is 3.75. The lowest BCUT2D eigenvalue weighted by Gasteiger charge is -2.32. The lowest BCUT2D eigenvalue weighted by atomic mass is 10.1. The molecular weight excluding hydrogens is 262 g/mol. The molecule has 1 heterocycles. The van der Waals surface area contributed by atoms with Crippen molar-refractivity contribution in [3.63, 3.8) is 0 Å². The summed E-state index contributed by atoms with van der Waals surface area (Å²) < 4.78 is 32.6. The number of morpholine rings is 1. The molecule has 1 aromatic rings. The largest absolute Gasteiger partial charge is 0.374 e. The fourth-order valence-electron chi connectivity index (χ4n) is 2.46. The fraction of sp³-hybridized carbons (Fsp3) is 0.600. The number of ether oxygens (including phenoxy) is 1. The van der Waals surface area contributed by atoms with Crippen LogP contribution in [0.3, 0.4) is 0 Å². The van der Waals surface area contributed by atoms with Gasteiger partial charge in [0, 0.05) is 31.2 Å². The van der Waals surface area contributed by atoms with E-state index in [9.17, 15) is 8.78 Å². The Bertz CT molecular complexity index is 442. The number of rotatable bonds is 5. The molecule has 0 saturated carbocycles. The second kappa shape index (κ2) is 7.11. The molecule has 1 N–H and O–H groups in total. The van der Waals surface area contributed by atoms with Gasteiger partial charge in [0.2, 0.25) is 0 Å². The summed E-state index contributed by atoms with van der Waals surface area (Å²) in [6.07, 6.45) is 0.0998. The standard InChI is InChI=1S/C15H22F2N2O/c1-3-19-7-8-20-12(10-19)9-18-11(2)13-5-4-6-14(16)15(13)17/h4-6,11-12,18H,3,7-10H2,1-2H3. The molecule has 0 aliphatic carbocycles. The van der Waals surface area contributed by atoms with E-state index in [1.54, 1.807) is 6.07 Å². The molecule has 112 valence electrons. The Morgan fingerprint density at radius 2 is 2.25 bits per heavy atom.